The third kappa shape index (κ3) is 2.55. The van der Waals surface area contributed by atoms with E-state index in [0.717, 1.165) is 24.0 Å². The number of fused-ring (bicyclic) bond motifs is 1. The molecule has 0 aromatic rings. The fraction of sp³-hybridized carbons (Fsp3) is 0.455. The van der Waals surface area contributed by atoms with Crippen LogP contribution in [0.3, 0.4) is 0 Å². The van der Waals surface area contributed by atoms with E-state index < -0.39 is 0 Å². The van der Waals surface area contributed by atoms with Crippen LogP contribution in [0.25, 0.3) is 11.5 Å². The van der Waals surface area contributed by atoms with Gasteiger partial charge in [-0.3, -0.25) is 5.41 Å². The quantitative estimate of drug-likeness (QED) is 0.610. The fourth-order valence-corrected chi connectivity index (χ4v) is 1.56. The van der Waals surface area contributed by atoms with Gasteiger partial charge in [0.2, 0.25) is 17.3 Å². The van der Waals surface area contributed by atoms with Crippen LogP contribution in [-0.4, -0.2) is 31.5 Å². The van der Waals surface area contributed by atoms with Crippen LogP contribution in [0.2, 0.25) is 0 Å². The lowest BCUT2D eigenvalue weighted by Crippen LogP contribution is -2.19. The molecule has 2 aliphatic rings. The summed E-state index contributed by atoms with van der Waals surface area (Å²) in [6, 6.07) is 0. The summed E-state index contributed by atoms with van der Waals surface area (Å²) in [5.41, 5.74) is 0.149. The highest BCUT2D eigenvalue weighted by Crippen LogP contribution is 2.22. The van der Waals surface area contributed by atoms with Crippen LogP contribution in [0.4, 0.5) is 0 Å². The number of ether oxygens (including phenoxy) is 1. The molecule has 0 bridgehead atoms. The van der Waals surface area contributed by atoms with E-state index in [-0.39, 0.29) is 17.3 Å². The van der Waals surface area contributed by atoms with Gasteiger partial charge in [0, 0.05) is 6.20 Å². The summed E-state index contributed by atoms with van der Waals surface area (Å²) in [7, 11) is 0. The van der Waals surface area contributed by atoms with Gasteiger partial charge in [0.05, 0.1) is 12.8 Å². The van der Waals surface area contributed by atoms with E-state index in [1.807, 2.05) is 0 Å². The molecule has 0 radical (unpaired) electrons. The first-order chi connectivity index (χ1) is 8.72. The minimum absolute atomic E-state index is 0.169. The average Bonchev–Trinajstić information content (AvgIpc) is 2.36. The van der Waals surface area contributed by atoms with E-state index in [1.54, 1.807) is 0 Å². The second-order valence-corrected chi connectivity index (χ2v) is 3.85. The number of aromatic nitrogens is 4. The number of nitrogens with zero attached hydrogens (tertiary/aromatic N) is 4. The van der Waals surface area contributed by atoms with Crippen LogP contribution in [0.1, 0.15) is 26.2 Å². The Kier molecular flexibility index (Phi) is 3.71. The van der Waals surface area contributed by atoms with Crippen LogP contribution in [0.5, 0.6) is 5.88 Å². The molecule has 0 aliphatic carbocycles. The van der Waals surface area contributed by atoms with Gasteiger partial charge in [0.15, 0.2) is 5.69 Å². The van der Waals surface area contributed by atoms with Crippen molar-refractivity contribution in [3.8, 4) is 17.4 Å². The van der Waals surface area contributed by atoms with Crippen LogP contribution < -0.4 is 10.4 Å². The number of hydrogen-bond acceptors (Lipinski definition) is 6. The molecule has 2 heterocycles. The normalized spacial score (nSPS) is 10.7. The molecule has 0 aromatic heterocycles. The molecule has 0 saturated carbocycles. The number of unbranched alkanes of at least 4 members (excludes halogenated alkanes) is 2. The minimum Gasteiger partial charge on any atom is -0.476 e. The maximum atomic E-state index is 9.58. The van der Waals surface area contributed by atoms with Crippen molar-refractivity contribution in [1.82, 2.24) is 19.7 Å². The summed E-state index contributed by atoms with van der Waals surface area (Å²) in [6.45, 7) is 2.62. The molecule has 0 atom stereocenters. The van der Waals surface area contributed by atoms with E-state index in [2.05, 4.69) is 21.9 Å². The van der Waals surface area contributed by atoms with Crippen molar-refractivity contribution >= 4 is 0 Å². The first-order valence-electron chi connectivity index (χ1n) is 5.84. The summed E-state index contributed by atoms with van der Waals surface area (Å²) in [6.07, 6.45) is 5.86. The van der Waals surface area contributed by atoms with Gasteiger partial charge in [0.25, 0.3) is 0 Å². The molecule has 96 valence electrons. The van der Waals surface area contributed by atoms with Crippen LogP contribution in [0.15, 0.2) is 12.4 Å². The Hall–Kier alpha value is -2.18. The fourth-order valence-electron chi connectivity index (χ4n) is 1.56. The Morgan fingerprint density at radius 3 is 3.00 bits per heavy atom. The molecular weight excluding hydrogens is 234 g/mol. The zero-order valence-corrected chi connectivity index (χ0v) is 10.1. The van der Waals surface area contributed by atoms with Gasteiger partial charge in [-0.1, -0.05) is 19.8 Å². The third-order valence-electron chi connectivity index (χ3n) is 2.45. The molecule has 0 aromatic carbocycles. The molecule has 7 heteroatoms. The molecule has 0 spiro atoms. The predicted molar refractivity (Wildman–Crippen MR) is 62.5 cm³/mol. The van der Waals surface area contributed by atoms with Crippen molar-refractivity contribution in [1.29, 1.82) is 5.41 Å². The highest BCUT2D eigenvalue weighted by Gasteiger charge is 2.17. The van der Waals surface area contributed by atoms with E-state index in [1.165, 1.54) is 12.4 Å². The molecule has 2 aliphatic heterocycles. The van der Waals surface area contributed by atoms with Gasteiger partial charge in [-0.25, -0.2) is 4.98 Å². The summed E-state index contributed by atoms with van der Waals surface area (Å²) in [5.74, 6) is 0.410. The van der Waals surface area contributed by atoms with Gasteiger partial charge in [-0.2, -0.15) is 14.7 Å². The van der Waals surface area contributed by atoms with Crippen LogP contribution in [-0.2, 0) is 0 Å². The van der Waals surface area contributed by atoms with E-state index in [0.29, 0.717) is 12.3 Å². The van der Waals surface area contributed by atoms with Gasteiger partial charge < -0.3 is 9.94 Å². The second-order valence-electron chi connectivity index (χ2n) is 3.85. The van der Waals surface area contributed by atoms with Crippen molar-refractivity contribution in [2.45, 2.75) is 26.2 Å². The van der Waals surface area contributed by atoms with Gasteiger partial charge >= 0.3 is 0 Å². The lowest BCUT2D eigenvalue weighted by molar-refractivity contribution is 0.183. The van der Waals surface area contributed by atoms with Crippen LogP contribution >= 0.6 is 0 Å². The number of rotatable bonds is 5. The standard InChI is InChI=1S/C11H15N5O2/c1-2-3-4-7-18-10-8-9(14-11(12)15-10)16(17)6-5-13-8/h5-6,12,17H,2-4,7H2,1H3. The lowest BCUT2D eigenvalue weighted by Gasteiger charge is -2.11. The first-order valence-corrected chi connectivity index (χ1v) is 5.84. The predicted octanol–water partition coefficient (Wildman–Crippen LogP) is 1.06. The molecule has 0 saturated heterocycles. The summed E-state index contributed by atoms with van der Waals surface area (Å²) in [4.78, 5) is 11.8. The number of hydrogen-bond donors (Lipinski definition) is 2. The third-order valence-corrected chi connectivity index (χ3v) is 2.45. The zero-order valence-electron chi connectivity index (χ0n) is 10.1. The molecule has 0 amide bonds. The molecule has 0 fully saturated rings. The summed E-state index contributed by atoms with van der Waals surface area (Å²) >= 11 is 0. The van der Waals surface area contributed by atoms with E-state index in [9.17, 15) is 5.21 Å². The van der Waals surface area contributed by atoms with Crippen molar-refractivity contribution in [2.24, 2.45) is 0 Å². The Bertz CT molecular complexity index is 554. The van der Waals surface area contributed by atoms with Gasteiger partial charge in [-0.05, 0) is 6.42 Å². The smallest absolute Gasteiger partial charge is 0.247 e. The van der Waals surface area contributed by atoms with Crippen molar-refractivity contribution < 1.29 is 9.94 Å². The highest BCUT2D eigenvalue weighted by molar-refractivity contribution is 5.56. The molecule has 2 rings (SSSR count). The maximum absolute atomic E-state index is 9.58. The topological polar surface area (TPSA) is 96.9 Å². The maximum Gasteiger partial charge on any atom is 0.247 e. The molecule has 0 unspecified atom stereocenters. The molecule has 18 heavy (non-hydrogen) atoms. The average molecular weight is 249 g/mol. The summed E-state index contributed by atoms with van der Waals surface area (Å²) < 4.78 is 6.31. The first kappa shape index (κ1) is 12.3. The summed E-state index contributed by atoms with van der Waals surface area (Å²) in [5, 5.41) is 17.1. The highest BCUT2D eigenvalue weighted by atomic mass is 16.5. The Labute approximate surface area is 104 Å². The largest absolute Gasteiger partial charge is 0.476 e. The molecule has 2 N–H and O–H groups in total. The second kappa shape index (κ2) is 5.44. The van der Waals surface area contributed by atoms with Gasteiger partial charge in [0.1, 0.15) is 0 Å². The minimum atomic E-state index is -0.205. The Balaban J connectivity index is 2.27. The van der Waals surface area contributed by atoms with Crippen LogP contribution in [0, 0.1) is 5.41 Å². The van der Waals surface area contributed by atoms with Crippen molar-refractivity contribution in [3.63, 3.8) is 0 Å². The molecule has 7 nitrogen and oxygen atoms in total. The van der Waals surface area contributed by atoms with Gasteiger partial charge in [-0.15, -0.1) is 0 Å². The molecular formula is C11H15N5O2. The Morgan fingerprint density at radius 2 is 2.22 bits per heavy atom. The van der Waals surface area contributed by atoms with Crippen molar-refractivity contribution in [3.05, 3.63) is 18.0 Å². The number of nitrogens with one attached hydrogen (secondary N) is 1. The van der Waals surface area contributed by atoms with E-state index >= 15 is 0 Å². The van der Waals surface area contributed by atoms with Crippen molar-refractivity contribution in [2.75, 3.05) is 6.61 Å². The zero-order chi connectivity index (χ0) is 13.0. The Morgan fingerprint density at radius 1 is 1.39 bits per heavy atom. The monoisotopic (exact) mass is 249 g/mol. The lowest BCUT2D eigenvalue weighted by atomic mass is 10.3. The SMILES string of the molecule is CCCCCOc1nc(=N)nc2n(O)ccnc1-2. The van der Waals surface area contributed by atoms with E-state index in [4.69, 9.17) is 10.1 Å².